The summed E-state index contributed by atoms with van der Waals surface area (Å²) in [6.45, 7) is 6.05. The maximum atomic E-state index is 11.1. The van der Waals surface area contributed by atoms with Crippen molar-refractivity contribution in [2.24, 2.45) is 0 Å². The number of ether oxygens (including phenoxy) is 2. The Balaban J connectivity index is 4.00. The number of aliphatic hydroxyl groups is 2. The van der Waals surface area contributed by atoms with Crippen molar-refractivity contribution in [1.29, 1.82) is 0 Å². The van der Waals surface area contributed by atoms with Crippen molar-refractivity contribution < 1.29 is 29.3 Å². The van der Waals surface area contributed by atoms with Crippen molar-refractivity contribution >= 4 is 11.9 Å². The summed E-state index contributed by atoms with van der Waals surface area (Å²) < 4.78 is 9.09. The van der Waals surface area contributed by atoms with Crippen molar-refractivity contribution in [1.82, 2.24) is 0 Å². The highest BCUT2D eigenvalue weighted by atomic mass is 16.6. The van der Waals surface area contributed by atoms with Crippen LogP contribution in [0.1, 0.15) is 0 Å². The first-order valence-corrected chi connectivity index (χ1v) is 4.44. The Kier molecular flexibility index (Phi) is 7.02. The molecule has 6 nitrogen and oxygen atoms in total. The van der Waals surface area contributed by atoms with E-state index >= 15 is 0 Å². The van der Waals surface area contributed by atoms with E-state index in [0.717, 1.165) is 0 Å². The van der Waals surface area contributed by atoms with Crippen molar-refractivity contribution in [3.63, 3.8) is 0 Å². The van der Waals surface area contributed by atoms with Gasteiger partial charge in [0.15, 0.2) is 6.10 Å². The Bertz CT molecular complexity index is 283. The number of hydrogen-bond acceptors (Lipinski definition) is 6. The van der Waals surface area contributed by atoms with E-state index < -0.39 is 24.6 Å². The molecule has 0 saturated heterocycles. The average Bonchev–Trinajstić information content (AvgIpc) is 2.27. The van der Waals surface area contributed by atoms with Crippen LogP contribution in [0.4, 0.5) is 0 Å². The van der Waals surface area contributed by atoms with E-state index in [4.69, 9.17) is 14.9 Å². The number of hydrogen-bond donors (Lipinski definition) is 2. The molecule has 0 heterocycles. The van der Waals surface area contributed by atoms with Gasteiger partial charge in [-0.15, -0.1) is 6.58 Å². The topological polar surface area (TPSA) is 93.1 Å². The first-order chi connectivity index (χ1) is 7.52. The van der Waals surface area contributed by atoms with Gasteiger partial charge >= 0.3 is 11.9 Å². The molecule has 90 valence electrons. The quantitative estimate of drug-likeness (QED) is 0.195. The van der Waals surface area contributed by atoms with Gasteiger partial charge in [-0.1, -0.05) is 12.7 Å². The summed E-state index contributed by atoms with van der Waals surface area (Å²) in [5.41, 5.74) is -0.0691. The van der Waals surface area contributed by atoms with Gasteiger partial charge in [0.25, 0.3) is 0 Å². The van der Waals surface area contributed by atoms with Gasteiger partial charge in [-0.3, -0.25) is 0 Å². The molecule has 0 spiro atoms. The standard InChI is InChI=1S/C10H14O6/c1-3-4-15-6-7(2)9(13)16-10(14)8(12)5-11/h3,8,11-12H,1-2,4-6H2. The molecule has 0 aliphatic rings. The number of rotatable bonds is 7. The summed E-state index contributed by atoms with van der Waals surface area (Å²) in [6, 6.07) is 0. The molecule has 0 aromatic carbocycles. The van der Waals surface area contributed by atoms with Crippen LogP contribution in [-0.2, 0) is 19.1 Å². The van der Waals surface area contributed by atoms with Crippen LogP contribution in [0.15, 0.2) is 24.8 Å². The summed E-state index contributed by atoms with van der Waals surface area (Å²) in [5.74, 6) is -2.22. The molecule has 0 aromatic rings. The zero-order chi connectivity index (χ0) is 12.6. The lowest BCUT2D eigenvalue weighted by atomic mass is 10.3. The van der Waals surface area contributed by atoms with Crippen LogP contribution in [-0.4, -0.2) is 48.1 Å². The predicted molar refractivity (Wildman–Crippen MR) is 54.3 cm³/mol. The minimum atomic E-state index is -1.73. The minimum absolute atomic E-state index is 0.0691. The van der Waals surface area contributed by atoms with Crippen molar-refractivity contribution in [3.05, 3.63) is 24.8 Å². The molecule has 6 heteroatoms. The van der Waals surface area contributed by atoms with E-state index in [1.807, 2.05) is 0 Å². The molecule has 0 saturated carbocycles. The lowest BCUT2D eigenvalue weighted by Crippen LogP contribution is -2.29. The van der Waals surface area contributed by atoms with Crippen LogP contribution in [0.2, 0.25) is 0 Å². The molecule has 1 atom stereocenters. The minimum Gasteiger partial charge on any atom is -0.393 e. The van der Waals surface area contributed by atoms with E-state index in [1.165, 1.54) is 6.08 Å². The summed E-state index contributed by atoms with van der Waals surface area (Å²) in [4.78, 5) is 22.0. The maximum Gasteiger partial charge on any atom is 0.345 e. The van der Waals surface area contributed by atoms with Gasteiger partial charge in [0.05, 0.1) is 25.4 Å². The molecule has 1 unspecified atom stereocenters. The van der Waals surface area contributed by atoms with Crippen molar-refractivity contribution in [3.8, 4) is 0 Å². The lowest BCUT2D eigenvalue weighted by molar-refractivity contribution is -0.165. The molecule has 0 aliphatic heterocycles. The van der Waals surface area contributed by atoms with Gasteiger partial charge in [0.2, 0.25) is 0 Å². The first kappa shape index (κ1) is 14.5. The second kappa shape index (κ2) is 7.75. The summed E-state index contributed by atoms with van der Waals surface area (Å²) in [7, 11) is 0. The van der Waals surface area contributed by atoms with E-state index in [0.29, 0.717) is 0 Å². The second-order valence-corrected chi connectivity index (χ2v) is 2.81. The molecule has 0 bridgehead atoms. The highest BCUT2D eigenvalue weighted by Gasteiger charge is 2.20. The average molecular weight is 230 g/mol. The smallest absolute Gasteiger partial charge is 0.345 e. The van der Waals surface area contributed by atoms with Crippen LogP contribution in [0.5, 0.6) is 0 Å². The van der Waals surface area contributed by atoms with E-state index in [1.54, 1.807) is 0 Å². The van der Waals surface area contributed by atoms with Crippen LogP contribution < -0.4 is 0 Å². The summed E-state index contributed by atoms with van der Waals surface area (Å²) in [6.07, 6.45) is -0.245. The SMILES string of the molecule is C=CCOCC(=C)C(=O)OC(=O)C(O)CO. The number of carbonyl (C=O) groups is 2. The van der Waals surface area contributed by atoms with Gasteiger partial charge < -0.3 is 19.7 Å². The zero-order valence-electron chi connectivity index (χ0n) is 8.72. The van der Waals surface area contributed by atoms with Crippen LogP contribution in [0.3, 0.4) is 0 Å². The van der Waals surface area contributed by atoms with Gasteiger partial charge in [0.1, 0.15) is 0 Å². The Morgan fingerprint density at radius 3 is 2.56 bits per heavy atom. The molecule has 0 aromatic heterocycles. The fourth-order valence-electron chi connectivity index (χ4n) is 0.630. The summed E-state index contributed by atoms with van der Waals surface area (Å²) >= 11 is 0. The molecular weight excluding hydrogens is 216 g/mol. The third-order valence-electron chi connectivity index (χ3n) is 1.44. The molecule has 2 N–H and O–H groups in total. The van der Waals surface area contributed by atoms with Crippen molar-refractivity contribution in [2.45, 2.75) is 6.10 Å². The third-order valence-corrected chi connectivity index (χ3v) is 1.44. The van der Waals surface area contributed by atoms with Gasteiger partial charge in [-0.25, -0.2) is 9.59 Å². The van der Waals surface area contributed by atoms with Gasteiger partial charge in [0, 0.05) is 0 Å². The van der Waals surface area contributed by atoms with Crippen LogP contribution in [0.25, 0.3) is 0 Å². The van der Waals surface area contributed by atoms with E-state index in [2.05, 4.69) is 17.9 Å². The Hall–Kier alpha value is -1.50. The van der Waals surface area contributed by atoms with E-state index in [9.17, 15) is 9.59 Å². The second-order valence-electron chi connectivity index (χ2n) is 2.81. The van der Waals surface area contributed by atoms with Crippen LogP contribution >= 0.6 is 0 Å². The van der Waals surface area contributed by atoms with E-state index in [-0.39, 0.29) is 18.8 Å². The fraction of sp³-hybridized carbons (Fsp3) is 0.400. The summed E-state index contributed by atoms with van der Waals surface area (Å²) in [5, 5.41) is 17.2. The Morgan fingerprint density at radius 1 is 1.44 bits per heavy atom. The van der Waals surface area contributed by atoms with Gasteiger partial charge in [-0.05, 0) is 0 Å². The number of carbonyl (C=O) groups excluding carboxylic acids is 2. The van der Waals surface area contributed by atoms with Gasteiger partial charge in [-0.2, -0.15) is 0 Å². The monoisotopic (exact) mass is 230 g/mol. The predicted octanol–water partition coefficient (Wildman–Crippen LogP) is -0.832. The number of aliphatic hydroxyl groups excluding tert-OH is 2. The maximum absolute atomic E-state index is 11.1. The van der Waals surface area contributed by atoms with Crippen LogP contribution in [0, 0.1) is 0 Å². The number of esters is 2. The molecule has 0 fully saturated rings. The molecular formula is C10H14O6. The largest absolute Gasteiger partial charge is 0.393 e. The molecule has 0 amide bonds. The highest BCUT2D eigenvalue weighted by molar-refractivity contribution is 5.97. The molecule has 0 aliphatic carbocycles. The first-order valence-electron chi connectivity index (χ1n) is 4.44. The molecule has 0 radical (unpaired) electrons. The third kappa shape index (κ3) is 5.40. The fourth-order valence-corrected chi connectivity index (χ4v) is 0.630. The van der Waals surface area contributed by atoms with Crippen molar-refractivity contribution in [2.75, 3.05) is 19.8 Å². The molecule has 0 rings (SSSR count). The zero-order valence-corrected chi connectivity index (χ0v) is 8.72. The Labute approximate surface area is 92.8 Å². The molecule has 16 heavy (non-hydrogen) atoms. The highest BCUT2D eigenvalue weighted by Crippen LogP contribution is 1.98. The normalized spacial score (nSPS) is 11.6. The lowest BCUT2D eigenvalue weighted by Gasteiger charge is -2.07. The Morgan fingerprint density at radius 2 is 2.06 bits per heavy atom.